The third kappa shape index (κ3) is 6.12. The molecular formula is C21H29N7O2Si. The SMILES string of the molecule is C[Si](C)(C)CCOCn1cnc(CC(=O)Nc2c(N)ncnc2N)c1-c1ccccc1. The Bertz CT molecular complexity index is 1010. The number of carbonyl (C=O) groups is 1. The van der Waals surface area contributed by atoms with Gasteiger partial charge in [-0.05, 0) is 6.04 Å². The number of aromatic nitrogens is 4. The van der Waals surface area contributed by atoms with E-state index in [1.807, 2.05) is 34.9 Å². The number of carbonyl (C=O) groups excluding carboxylic acids is 1. The molecule has 164 valence electrons. The van der Waals surface area contributed by atoms with Gasteiger partial charge >= 0.3 is 0 Å². The van der Waals surface area contributed by atoms with Crippen LogP contribution in [0.25, 0.3) is 11.3 Å². The van der Waals surface area contributed by atoms with Gasteiger partial charge in [0, 0.05) is 20.2 Å². The Kier molecular flexibility index (Phi) is 7.03. The molecule has 0 saturated heterocycles. The lowest BCUT2D eigenvalue weighted by Crippen LogP contribution is -2.22. The lowest BCUT2D eigenvalue weighted by molar-refractivity contribution is -0.115. The van der Waals surface area contributed by atoms with E-state index in [-0.39, 0.29) is 29.7 Å². The van der Waals surface area contributed by atoms with Gasteiger partial charge < -0.3 is 26.1 Å². The first-order chi connectivity index (χ1) is 14.7. The molecular weight excluding hydrogens is 410 g/mol. The number of rotatable bonds is 9. The van der Waals surface area contributed by atoms with Crippen molar-refractivity contribution in [3.63, 3.8) is 0 Å². The summed E-state index contributed by atoms with van der Waals surface area (Å²) in [6.45, 7) is 8.02. The largest absolute Gasteiger partial charge is 0.382 e. The second-order valence-electron chi connectivity index (χ2n) is 8.47. The Morgan fingerprint density at radius 2 is 1.77 bits per heavy atom. The van der Waals surface area contributed by atoms with Crippen LogP contribution >= 0.6 is 0 Å². The first kappa shape index (κ1) is 22.4. The van der Waals surface area contributed by atoms with E-state index in [2.05, 4.69) is 39.9 Å². The van der Waals surface area contributed by atoms with Gasteiger partial charge in [-0.15, -0.1) is 0 Å². The van der Waals surface area contributed by atoms with Crippen LogP contribution in [0.3, 0.4) is 0 Å². The highest BCUT2D eigenvalue weighted by Crippen LogP contribution is 2.25. The van der Waals surface area contributed by atoms with Crippen molar-refractivity contribution in [2.45, 2.75) is 38.8 Å². The molecule has 1 amide bonds. The van der Waals surface area contributed by atoms with Crippen molar-refractivity contribution in [3.8, 4) is 11.3 Å². The van der Waals surface area contributed by atoms with Crippen molar-refractivity contribution < 1.29 is 9.53 Å². The fraction of sp³-hybridized carbons (Fsp3) is 0.333. The Morgan fingerprint density at radius 3 is 2.42 bits per heavy atom. The van der Waals surface area contributed by atoms with Crippen LogP contribution < -0.4 is 16.8 Å². The number of nitrogens with zero attached hydrogens (tertiary/aromatic N) is 4. The maximum absolute atomic E-state index is 12.7. The second-order valence-corrected chi connectivity index (χ2v) is 14.1. The van der Waals surface area contributed by atoms with Crippen LogP contribution in [0.5, 0.6) is 0 Å². The number of imidazole rings is 1. The van der Waals surface area contributed by atoms with Gasteiger partial charge in [0.2, 0.25) is 5.91 Å². The normalized spacial score (nSPS) is 11.5. The summed E-state index contributed by atoms with van der Waals surface area (Å²) in [7, 11) is -1.17. The monoisotopic (exact) mass is 439 g/mol. The van der Waals surface area contributed by atoms with E-state index in [9.17, 15) is 4.79 Å². The molecule has 0 saturated carbocycles. The molecule has 31 heavy (non-hydrogen) atoms. The first-order valence-corrected chi connectivity index (χ1v) is 13.8. The fourth-order valence-corrected chi connectivity index (χ4v) is 3.76. The topological polar surface area (TPSA) is 134 Å². The number of amides is 1. The molecule has 0 radical (unpaired) electrons. The third-order valence-electron chi connectivity index (χ3n) is 4.69. The average Bonchev–Trinajstić information content (AvgIpc) is 3.10. The number of hydrogen-bond acceptors (Lipinski definition) is 7. The number of hydrogen-bond donors (Lipinski definition) is 3. The Balaban J connectivity index is 1.78. The highest BCUT2D eigenvalue weighted by molar-refractivity contribution is 6.76. The molecule has 3 aromatic rings. The van der Waals surface area contributed by atoms with Crippen LogP contribution in [0.2, 0.25) is 25.7 Å². The van der Waals surface area contributed by atoms with Crippen LogP contribution in [0.1, 0.15) is 5.69 Å². The lowest BCUT2D eigenvalue weighted by atomic mass is 10.1. The predicted octanol–water partition coefficient (Wildman–Crippen LogP) is 3.00. The van der Waals surface area contributed by atoms with Crippen LogP contribution in [0.15, 0.2) is 43.0 Å². The number of nitrogens with one attached hydrogen (secondary N) is 1. The molecule has 0 atom stereocenters. The van der Waals surface area contributed by atoms with E-state index in [0.29, 0.717) is 19.0 Å². The molecule has 0 aliphatic carbocycles. The van der Waals surface area contributed by atoms with Gasteiger partial charge in [0.25, 0.3) is 0 Å². The molecule has 2 aromatic heterocycles. The van der Waals surface area contributed by atoms with Crippen molar-refractivity contribution in [2.75, 3.05) is 23.4 Å². The molecule has 0 bridgehead atoms. The molecule has 10 heteroatoms. The van der Waals surface area contributed by atoms with E-state index in [4.69, 9.17) is 16.2 Å². The standard InChI is InChI=1S/C21H29N7O2Si/c1-31(2,3)10-9-30-14-28-13-26-16(19(28)15-7-5-4-6-8-15)11-17(29)27-18-20(22)24-12-25-21(18)23/h4-8,12-13H,9-11,14H2,1-3H3,(H,27,29)(H4,22,23,24,25). The smallest absolute Gasteiger partial charge is 0.230 e. The van der Waals surface area contributed by atoms with Gasteiger partial charge in [0.1, 0.15) is 18.7 Å². The molecule has 5 N–H and O–H groups in total. The van der Waals surface area contributed by atoms with Gasteiger partial charge in [0.05, 0.1) is 24.1 Å². The molecule has 0 aliphatic rings. The Hall–Kier alpha value is -3.24. The summed E-state index contributed by atoms with van der Waals surface area (Å²) in [5.41, 5.74) is 14.3. The van der Waals surface area contributed by atoms with E-state index in [1.54, 1.807) is 6.33 Å². The molecule has 9 nitrogen and oxygen atoms in total. The summed E-state index contributed by atoms with van der Waals surface area (Å²) >= 11 is 0. The number of benzene rings is 1. The minimum atomic E-state index is -1.17. The summed E-state index contributed by atoms with van der Waals surface area (Å²) < 4.78 is 7.84. The van der Waals surface area contributed by atoms with Crippen molar-refractivity contribution in [1.82, 2.24) is 19.5 Å². The minimum absolute atomic E-state index is 0.0416. The average molecular weight is 440 g/mol. The number of nitrogen functional groups attached to an aromatic ring is 2. The van der Waals surface area contributed by atoms with E-state index in [1.165, 1.54) is 6.33 Å². The zero-order valence-electron chi connectivity index (χ0n) is 18.1. The highest BCUT2D eigenvalue weighted by atomic mass is 28.3. The predicted molar refractivity (Wildman–Crippen MR) is 125 cm³/mol. The Labute approximate surface area is 182 Å². The summed E-state index contributed by atoms with van der Waals surface area (Å²) in [6.07, 6.45) is 2.99. The van der Waals surface area contributed by atoms with Crippen molar-refractivity contribution in [2.24, 2.45) is 0 Å². The third-order valence-corrected chi connectivity index (χ3v) is 6.39. The van der Waals surface area contributed by atoms with Gasteiger partial charge in [-0.2, -0.15) is 0 Å². The van der Waals surface area contributed by atoms with Crippen molar-refractivity contribution in [3.05, 3.63) is 48.7 Å². The van der Waals surface area contributed by atoms with Gasteiger partial charge in [-0.3, -0.25) is 4.79 Å². The lowest BCUT2D eigenvalue weighted by Gasteiger charge is -2.16. The molecule has 0 spiro atoms. The van der Waals surface area contributed by atoms with E-state index < -0.39 is 8.07 Å². The van der Waals surface area contributed by atoms with Crippen LogP contribution in [0, 0.1) is 0 Å². The highest BCUT2D eigenvalue weighted by Gasteiger charge is 2.18. The maximum Gasteiger partial charge on any atom is 0.230 e. The maximum atomic E-state index is 12.7. The van der Waals surface area contributed by atoms with E-state index in [0.717, 1.165) is 17.3 Å². The van der Waals surface area contributed by atoms with Gasteiger partial charge in [0.15, 0.2) is 11.6 Å². The number of nitrogens with two attached hydrogens (primary N) is 2. The van der Waals surface area contributed by atoms with Crippen molar-refractivity contribution in [1.29, 1.82) is 0 Å². The van der Waals surface area contributed by atoms with Crippen LogP contribution in [0.4, 0.5) is 17.3 Å². The Morgan fingerprint density at radius 1 is 1.10 bits per heavy atom. The first-order valence-electron chi connectivity index (χ1n) is 10.1. The summed E-state index contributed by atoms with van der Waals surface area (Å²) in [5, 5.41) is 2.69. The van der Waals surface area contributed by atoms with Crippen LogP contribution in [-0.2, 0) is 22.7 Å². The summed E-state index contributed by atoms with van der Waals surface area (Å²) in [6, 6.07) is 10.9. The zero-order chi connectivity index (χ0) is 22.4. The van der Waals surface area contributed by atoms with Crippen LogP contribution in [-0.4, -0.2) is 40.1 Å². The van der Waals surface area contributed by atoms with Gasteiger partial charge in [-0.1, -0.05) is 50.0 Å². The molecule has 0 fully saturated rings. The second kappa shape index (κ2) is 9.71. The molecule has 0 aliphatic heterocycles. The zero-order valence-corrected chi connectivity index (χ0v) is 19.1. The number of ether oxygens (including phenoxy) is 1. The molecule has 0 unspecified atom stereocenters. The van der Waals surface area contributed by atoms with E-state index >= 15 is 0 Å². The fourth-order valence-electron chi connectivity index (χ4n) is 3.00. The summed E-state index contributed by atoms with van der Waals surface area (Å²) in [4.78, 5) is 24.9. The number of anilines is 3. The quantitative estimate of drug-likeness (QED) is 0.344. The molecule has 3 rings (SSSR count). The summed E-state index contributed by atoms with van der Waals surface area (Å²) in [5.74, 6) is -0.0776. The molecule has 1 aromatic carbocycles. The van der Waals surface area contributed by atoms with Gasteiger partial charge in [-0.25, -0.2) is 15.0 Å². The minimum Gasteiger partial charge on any atom is -0.382 e. The van der Waals surface area contributed by atoms with Crippen molar-refractivity contribution >= 4 is 31.3 Å². The molecule has 2 heterocycles.